The molecule has 0 spiro atoms. The highest BCUT2D eigenvalue weighted by molar-refractivity contribution is 6.31. The number of rotatable bonds is 2. The van der Waals surface area contributed by atoms with Crippen molar-refractivity contribution in [1.29, 1.82) is 0 Å². The predicted octanol–water partition coefficient (Wildman–Crippen LogP) is 4.43. The van der Waals surface area contributed by atoms with E-state index in [9.17, 15) is 4.79 Å². The van der Waals surface area contributed by atoms with Crippen molar-refractivity contribution in [3.05, 3.63) is 47.0 Å². The minimum atomic E-state index is -0.842. The van der Waals surface area contributed by atoms with Crippen molar-refractivity contribution in [3.63, 3.8) is 0 Å². The summed E-state index contributed by atoms with van der Waals surface area (Å²) >= 11 is 5.99. The molecule has 3 rings (SSSR count). The standard InChI is InChI=1S/C15H11ClO3/c1-8(15(17)18)9-2-4-13-11(6-9)12-7-10(16)3-5-14(12)19-13/h2-8H,1H3,(H,17,18). The topological polar surface area (TPSA) is 50.4 Å². The Hall–Kier alpha value is -2.00. The van der Waals surface area contributed by atoms with Crippen molar-refractivity contribution in [2.24, 2.45) is 0 Å². The second kappa shape index (κ2) is 4.28. The van der Waals surface area contributed by atoms with Crippen molar-refractivity contribution >= 4 is 39.5 Å². The van der Waals surface area contributed by atoms with Crippen molar-refractivity contribution in [1.82, 2.24) is 0 Å². The van der Waals surface area contributed by atoms with E-state index >= 15 is 0 Å². The number of carboxylic acid groups (broad SMARTS) is 1. The predicted molar refractivity (Wildman–Crippen MR) is 74.8 cm³/mol. The van der Waals surface area contributed by atoms with Gasteiger partial charge in [-0.25, -0.2) is 0 Å². The van der Waals surface area contributed by atoms with E-state index in [1.807, 2.05) is 18.2 Å². The minimum absolute atomic E-state index is 0.548. The Morgan fingerprint density at radius 3 is 2.47 bits per heavy atom. The third-order valence-corrected chi connectivity index (χ3v) is 3.56. The first-order valence-corrected chi connectivity index (χ1v) is 6.28. The molecule has 0 aliphatic rings. The fourth-order valence-corrected chi connectivity index (χ4v) is 2.35. The molecule has 0 saturated heterocycles. The van der Waals surface area contributed by atoms with E-state index in [1.165, 1.54) is 0 Å². The Kier molecular flexibility index (Phi) is 2.72. The minimum Gasteiger partial charge on any atom is -0.481 e. The summed E-state index contributed by atoms with van der Waals surface area (Å²) in [5, 5.41) is 11.5. The highest BCUT2D eigenvalue weighted by atomic mass is 35.5. The molecule has 1 N–H and O–H groups in total. The lowest BCUT2D eigenvalue weighted by molar-refractivity contribution is -0.138. The third kappa shape index (κ3) is 1.96. The second-order valence-corrected chi connectivity index (χ2v) is 4.99. The number of halogens is 1. The Bertz CT molecular complexity index is 789. The van der Waals surface area contributed by atoms with Gasteiger partial charge in [-0.15, -0.1) is 0 Å². The Morgan fingerprint density at radius 2 is 1.79 bits per heavy atom. The second-order valence-electron chi connectivity index (χ2n) is 4.56. The fourth-order valence-electron chi connectivity index (χ4n) is 2.18. The summed E-state index contributed by atoms with van der Waals surface area (Å²) in [6, 6.07) is 10.9. The summed E-state index contributed by atoms with van der Waals surface area (Å²) < 4.78 is 5.70. The van der Waals surface area contributed by atoms with Gasteiger partial charge in [-0.2, -0.15) is 0 Å². The lowest BCUT2D eigenvalue weighted by atomic mass is 9.99. The van der Waals surface area contributed by atoms with E-state index in [-0.39, 0.29) is 0 Å². The number of hydrogen-bond donors (Lipinski definition) is 1. The van der Waals surface area contributed by atoms with Gasteiger partial charge in [0.2, 0.25) is 0 Å². The molecular weight excluding hydrogens is 264 g/mol. The summed E-state index contributed by atoms with van der Waals surface area (Å²) in [5.74, 6) is -1.39. The van der Waals surface area contributed by atoms with Crippen LogP contribution in [0.2, 0.25) is 5.02 Å². The molecule has 1 atom stereocenters. The molecule has 0 aliphatic heterocycles. The first-order valence-electron chi connectivity index (χ1n) is 5.91. The molecule has 1 aromatic heterocycles. The van der Waals surface area contributed by atoms with Crippen LogP contribution in [0.25, 0.3) is 21.9 Å². The molecule has 96 valence electrons. The molecule has 0 aliphatic carbocycles. The van der Waals surface area contributed by atoms with Gasteiger partial charge < -0.3 is 9.52 Å². The van der Waals surface area contributed by atoms with Gasteiger partial charge in [0.15, 0.2) is 0 Å². The van der Waals surface area contributed by atoms with E-state index in [4.69, 9.17) is 21.1 Å². The Labute approximate surface area is 114 Å². The van der Waals surface area contributed by atoms with Crippen LogP contribution in [-0.2, 0) is 4.79 Å². The maximum Gasteiger partial charge on any atom is 0.310 e. The zero-order valence-electron chi connectivity index (χ0n) is 10.2. The Morgan fingerprint density at radius 1 is 1.16 bits per heavy atom. The molecule has 1 unspecified atom stereocenters. The van der Waals surface area contributed by atoms with E-state index in [0.717, 1.165) is 27.5 Å². The van der Waals surface area contributed by atoms with Crippen molar-refractivity contribution in [2.45, 2.75) is 12.8 Å². The average molecular weight is 275 g/mol. The van der Waals surface area contributed by atoms with Crippen LogP contribution in [-0.4, -0.2) is 11.1 Å². The van der Waals surface area contributed by atoms with E-state index in [1.54, 1.807) is 25.1 Å². The van der Waals surface area contributed by atoms with Crippen molar-refractivity contribution in [3.8, 4) is 0 Å². The molecule has 0 saturated carbocycles. The van der Waals surface area contributed by atoms with Gasteiger partial charge in [0.25, 0.3) is 0 Å². The van der Waals surface area contributed by atoms with Crippen LogP contribution >= 0.6 is 11.6 Å². The molecule has 0 radical (unpaired) electrons. The summed E-state index contributed by atoms with van der Waals surface area (Å²) in [5.41, 5.74) is 2.24. The van der Waals surface area contributed by atoms with Crippen LogP contribution in [0.15, 0.2) is 40.8 Å². The summed E-state index contributed by atoms with van der Waals surface area (Å²) in [4.78, 5) is 11.0. The van der Waals surface area contributed by atoms with Crippen LogP contribution < -0.4 is 0 Å². The molecule has 4 heteroatoms. The number of carbonyl (C=O) groups is 1. The molecule has 0 amide bonds. The quantitative estimate of drug-likeness (QED) is 0.752. The van der Waals surface area contributed by atoms with E-state index < -0.39 is 11.9 Å². The average Bonchev–Trinajstić information content (AvgIpc) is 2.75. The van der Waals surface area contributed by atoms with Crippen LogP contribution in [0.1, 0.15) is 18.4 Å². The first-order chi connectivity index (χ1) is 9.06. The van der Waals surface area contributed by atoms with Crippen LogP contribution in [0.3, 0.4) is 0 Å². The summed E-state index contributed by atoms with van der Waals surface area (Å²) in [7, 11) is 0. The van der Waals surface area contributed by atoms with Crippen LogP contribution in [0, 0.1) is 0 Å². The highest BCUT2D eigenvalue weighted by Gasteiger charge is 2.16. The fraction of sp³-hybridized carbons (Fsp3) is 0.133. The molecule has 3 nitrogen and oxygen atoms in total. The van der Waals surface area contributed by atoms with E-state index in [0.29, 0.717) is 5.02 Å². The van der Waals surface area contributed by atoms with Crippen molar-refractivity contribution in [2.75, 3.05) is 0 Å². The monoisotopic (exact) mass is 274 g/mol. The maximum atomic E-state index is 11.0. The van der Waals surface area contributed by atoms with Crippen molar-refractivity contribution < 1.29 is 14.3 Å². The summed E-state index contributed by atoms with van der Waals surface area (Å²) in [6.45, 7) is 1.67. The molecule has 2 aromatic carbocycles. The van der Waals surface area contributed by atoms with Gasteiger partial charge >= 0.3 is 5.97 Å². The molecule has 3 aromatic rings. The number of furan rings is 1. The molecule has 0 fully saturated rings. The SMILES string of the molecule is CC(C(=O)O)c1ccc2oc3ccc(Cl)cc3c2c1. The lowest BCUT2D eigenvalue weighted by Gasteiger charge is -2.05. The van der Waals surface area contributed by atoms with Crippen LogP contribution in [0.5, 0.6) is 0 Å². The number of carboxylic acids is 1. The van der Waals surface area contributed by atoms with Gasteiger partial charge in [-0.1, -0.05) is 17.7 Å². The first kappa shape index (κ1) is 12.1. The number of fused-ring (bicyclic) bond motifs is 3. The van der Waals surface area contributed by atoms with Crippen LogP contribution in [0.4, 0.5) is 0 Å². The largest absolute Gasteiger partial charge is 0.481 e. The highest BCUT2D eigenvalue weighted by Crippen LogP contribution is 2.32. The smallest absolute Gasteiger partial charge is 0.310 e. The zero-order chi connectivity index (χ0) is 13.6. The van der Waals surface area contributed by atoms with Gasteiger partial charge in [0.1, 0.15) is 11.2 Å². The normalized spacial score (nSPS) is 12.9. The zero-order valence-corrected chi connectivity index (χ0v) is 10.9. The molecule has 1 heterocycles. The number of hydrogen-bond acceptors (Lipinski definition) is 2. The van der Waals surface area contributed by atoms with Gasteiger partial charge in [0, 0.05) is 15.8 Å². The van der Waals surface area contributed by atoms with Gasteiger partial charge in [0.05, 0.1) is 5.92 Å². The number of benzene rings is 2. The molecular formula is C15H11ClO3. The van der Waals surface area contributed by atoms with Gasteiger partial charge in [-0.05, 0) is 42.8 Å². The lowest BCUT2D eigenvalue weighted by Crippen LogP contribution is -2.06. The van der Waals surface area contributed by atoms with E-state index in [2.05, 4.69) is 0 Å². The van der Waals surface area contributed by atoms with Gasteiger partial charge in [-0.3, -0.25) is 4.79 Å². The summed E-state index contributed by atoms with van der Waals surface area (Å²) in [6.07, 6.45) is 0. The number of aliphatic carboxylic acids is 1. The maximum absolute atomic E-state index is 11.0. The molecule has 19 heavy (non-hydrogen) atoms. The third-order valence-electron chi connectivity index (χ3n) is 3.33. The molecule has 0 bridgehead atoms. The Balaban J connectivity index is 2.28.